The summed E-state index contributed by atoms with van der Waals surface area (Å²) in [5, 5.41) is 14.0. The van der Waals surface area contributed by atoms with Gasteiger partial charge in [-0.15, -0.1) is 0 Å². The number of nitro groups is 1. The first-order chi connectivity index (χ1) is 9.13. The molecule has 0 aromatic heterocycles. The van der Waals surface area contributed by atoms with Crippen molar-refractivity contribution in [3.63, 3.8) is 0 Å². The Morgan fingerprint density at radius 1 is 1.47 bits per heavy atom. The number of nitrogens with one attached hydrogen (secondary N) is 1. The molecule has 1 fully saturated rings. The summed E-state index contributed by atoms with van der Waals surface area (Å²) >= 11 is 0. The van der Waals surface area contributed by atoms with Gasteiger partial charge in [-0.05, 0) is 24.3 Å². The van der Waals surface area contributed by atoms with Crippen molar-refractivity contribution in [1.29, 1.82) is 0 Å². The van der Waals surface area contributed by atoms with Gasteiger partial charge in [0.25, 0.3) is 6.17 Å². The summed E-state index contributed by atoms with van der Waals surface area (Å²) in [7, 11) is 1.31. The largest absolute Gasteiger partial charge is 0.465 e. The molecule has 0 spiro atoms. The summed E-state index contributed by atoms with van der Waals surface area (Å²) in [6.45, 7) is 1.57. The number of esters is 1. The van der Waals surface area contributed by atoms with Gasteiger partial charge in [0.1, 0.15) is 0 Å². The fourth-order valence-electron chi connectivity index (χ4n) is 2.09. The standard InChI is InChI=1S/C12H15N3O4/c1-19-12(16)9-2-4-10(5-3-9)14-7-6-13-8-11(14)15(17)18/h2-5,11,13H,6-8H2,1H3. The summed E-state index contributed by atoms with van der Waals surface area (Å²) in [5.74, 6) is -0.419. The molecule has 1 aliphatic heterocycles. The van der Waals surface area contributed by atoms with E-state index >= 15 is 0 Å². The summed E-state index contributed by atoms with van der Waals surface area (Å²) < 4.78 is 4.61. The predicted octanol–water partition coefficient (Wildman–Crippen LogP) is 0.486. The Kier molecular flexibility index (Phi) is 3.96. The Morgan fingerprint density at radius 3 is 2.74 bits per heavy atom. The van der Waals surface area contributed by atoms with Gasteiger partial charge < -0.3 is 15.0 Å². The first-order valence-electron chi connectivity index (χ1n) is 5.92. The molecule has 1 saturated heterocycles. The predicted molar refractivity (Wildman–Crippen MR) is 68.8 cm³/mol. The molecule has 1 N–H and O–H groups in total. The average Bonchev–Trinajstić information content (AvgIpc) is 2.46. The van der Waals surface area contributed by atoms with Crippen LogP contribution in [0.4, 0.5) is 5.69 Å². The molecule has 1 atom stereocenters. The fourth-order valence-corrected chi connectivity index (χ4v) is 2.09. The maximum Gasteiger partial charge on any atom is 0.337 e. The number of anilines is 1. The molecule has 0 amide bonds. The zero-order valence-corrected chi connectivity index (χ0v) is 10.5. The van der Waals surface area contributed by atoms with Gasteiger partial charge >= 0.3 is 5.97 Å². The Labute approximate surface area is 110 Å². The molecule has 0 bridgehead atoms. The third-order valence-corrected chi connectivity index (χ3v) is 3.08. The first kappa shape index (κ1) is 13.3. The van der Waals surface area contributed by atoms with E-state index in [2.05, 4.69) is 10.1 Å². The Balaban J connectivity index is 2.20. The van der Waals surface area contributed by atoms with Crippen LogP contribution in [0.5, 0.6) is 0 Å². The van der Waals surface area contributed by atoms with Gasteiger partial charge in [0.15, 0.2) is 0 Å². The van der Waals surface area contributed by atoms with Crippen LogP contribution in [0, 0.1) is 10.1 Å². The van der Waals surface area contributed by atoms with Crippen LogP contribution in [0.1, 0.15) is 10.4 Å². The van der Waals surface area contributed by atoms with Gasteiger partial charge in [-0.1, -0.05) is 0 Å². The highest BCUT2D eigenvalue weighted by molar-refractivity contribution is 5.89. The van der Waals surface area contributed by atoms with Gasteiger partial charge in [-0.3, -0.25) is 10.1 Å². The lowest BCUT2D eigenvalue weighted by atomic mass is 10.1. The second kappa shape index (κ2) is 5.66. The third-order valence-electron chi connectivity index (χ3n) is 3.08. The highest BCUT2D eigenvalue weighted by Gasteiger charge is 2.31. The van der Waals surface area contributed by atoms with Crippen molar-refractivity contribution in [2.75, 3.05) is 31.6 Å². The molecular formula is C12H15N3O4. The minimum atomic E-state index is -0.780. The van der Waals surface area contributed by atoms with E-state index < -0.39 is 12.1 Å². The first-order valence-corrected chi connectivity index (χ1v) is 5.92. The quantitative estimate of drug-likeness (QED) is 0.486. The SMILES string of the molecule is COC(=O)c1ccc(N2CCNCC2[N+](=O)[O-])cc1. The molecule has 1 aromatic carbocycles. The summed E-state index contributed by atoms with van der Waals surface area (Å²) in [6, 6.07) is 6.63. The van der Waals surface area contributed by atoms with Gasteiger partial charge in [-0.2, -0.15) is 0 Å². The molecule has 1 aliphatic rings. The van der Waals surface area contributed by atoms with E-state index in [0.29, 0.717) is 25.2 Å². The number of methoxy groups -OCH3 is 1. The zero-order chi connectivity index (χ0) is 13.8. The second-order valence-electron chi connectivity index (χ2n) is 4.20. The third kappa shape index (κ3) is 2.82. The Morgan fingerprint density at radius 2 is 2.16 bits per heavy atom. The lowest BCUT2D eigenvalue weighted by Crippen LogP contribution is -2.55. The van der Waals surface area contributed by atoms with E-state index in [1.54, 1.807) is 29.2 Å². The summed E-state index contributed by atoms with van der Waals surface area (Å²) in [5.41, 5.74) is 1.16. The number of rotatable bonds is 3. The van der Waals surface area contributed by atoms with E-state index in [-0.39, 0.29) is 4.92 Å². The molecule has 0 radical (unpaired) electrons. The number of benzene rings is 1. The minimum absolute atomic E-state index is 0.305. The maximum atomic E-state index is 11.3. The van der Waals surface area contributed by atoms with Gasteiger partial charge in [0.05, 0.1) is 19.2 Å². The second-order valence-corrected chi connectivity index (χ2v) is 4.20. The van der Waals surface area contributed by atoms with Crippen LogP contribution >= 0.6 is 0 Å². The number of piperazine rings is 1. The van der Waals surface area contributed by atoms with Crippen LogP contribution in [0.3, 0.4) is 0 Å². The zero-order valence-electron chi connectivity index (χ0n) is 10.5. The number of nitrogens with zero attached hydrogens (tertiary/aromatic N) is 2. The highest BCUT2D eigenvalue weighted by atomic mass is 16.6. The molecule has 1 heterocycles. The van der Waals surface area contributed by atoms with Crippen LogP contribution in [0.25, 0.3) is 0 Å². The van der Waals surface area contributed by atoms with Crippen LogP contribution < -0.4 is 10.2 Å². The Bertz CT molecular complexity index is 474. The molecular weight excluding hydrogens is 250 g/mol. The molecule has 102 valence electrons. The lowest BCUT2D eigenvalue weighted by Gasteiger charge is -2.31. The molecule has 0 saturated carbocycles. The van der Waals surface area contributed by atoms with Crippen LogP contribution in [0.15, 0.2) is 24.3 Å². The van der Waals surface area contributed by atoms with Crippen molar-refractivity contribution in [2.45, 2.75) is 6.17 Å². The molecule has 1 aromatic rings. The molecule has 0 aliphatic carbocycles. The van der Waals surface area contributed by atoms with Crippen molar-refractivity contribution in [1.82, 2.24) is 5.32 Å². The van der Waals surface area contributed by atoms with Crippen molar-refractivity contribution >= 4 is 11.7 Å². The van der Waals surface area contributed by atoms with Crippen molar-refractivity contribution < 1.29 is 14.5 Å². The fraction of sp³-hybridized carbons (Fsp3) is 0.417. The number of carbonyl (C=O) groups excluding carboxylic acids is 1. The van der Waals surface area contributed by atoms with Crippen molar-refractivity contribution in [2.24, 2.45) is 0 Å². The van der Waals surface area contributed by atoms with Gasteiger partial charge in [-0.25, -0.2) is 4.79 Å². The molecule has 19 heavy (non-hydrogen) atoms. The minimum Gasteiger partial charge on any atom is -0.465 e. The molecule has 7 nitrogen and oxygen atoms in total. The average molecular weight is 265 g/mol. The number of ether oxygens (including phenoxy) is 1. The number of carbonyl (C=O) groups is 1. The van der Waals surface area contributed by atoms with E-state index in [1.807, 2.05) is 0 Å². The van der Waals surface area contributed by atoms with Gasteiger partial charge in [0.2, 0.25) is 0 Å². The lowest BCUT2D eigenvalue weighted by molar-refractivity contribution is -0.520. The summed E-state index contributed by atoms with van der Waals surface area (Å²) in [4.78, 5) is 23.7. The van der Waals surface area contributed by atoms with Crippen LogP contribution in [-0.4, -0.2) is 43.8 Å². The van der Waals surface area contributed by atoms with E-state index in [4.69, 9.17) is 0 Å². The van der Waals surface area contributed by atoms with Crippen molar-refractivity contribution in [3.8, 4) is 0 Å². The van der Waals surface area contributed by atoms with Crippen molar-refractivity contribution in [3.05, 3.63) is 39.9 Å². The number of hydrogen-bond donors (Lipinski definition) is 1. The van der Waals surface area contributed by atoms with Crippen LogP contribution in [0.2, 0.25) is 0 Å². The monoisotopic (exact) mass is 265 g/mol. The highest BCUT2D eigenvalue weighted by Crippen LogP contribution is 2.19. The molecule has 7 heteroatoms. The molecule has 1 unspecified atom stereocenters. The van der Waals surface area contributed by atoms with E-state index in [0.717, 1.165) is 5.69 Å². The van der Waals surface area contributed by atoms with Gasteiger partial charge in [0, 0.05) is 23.7 Å². The van der Waals surface area contributed by atoms with E-state index in [1.165, 1.54) is 7.11 Å². The normalized spacial score (nSPS) is 19.0. The summed E-state index contributed by atoms with van der Waals surface area (Å²) in [6.07, 6.45) is -0.780. The molecule has 2 rings (SSSR count). The topological polar surface area (TPSA) is 84.7 Å². The maximum absolute atomic E-state index is 11.3. The van der Waals surface area contributed by atoms with Crippen LogP contribution in [-0.2, 0) is 4.74 Å². The number of hydrogen-bond acceptors (Lipinski definition) is 6. The Hall–Kier alpha value is -2.15. The van der Waals surface area contributed by atoms with E-state index in [9.17, 15) is 14.9 Å². The smallest absolute Gasteiger partial charge is 0.337 e.